The number of rotatable bonds is 7. The second-order valence-electron chi connectivity index (χ2n) is 5.74. The Balaban J connectivity index is 2.25. The van der Waals surface area contributed by atoms with Gasteiger partial charge in [-0.2, -0.15) is 0 Å². The maximum Gasteiger partial charge on any atom is 0.314 e. The van der Waals surface area contributed by atoms with E-state index in [1.54, 1.807) is 11.3 Å². The average molecular weight is 299 g/mol. The summed E-state index contributed by atoms with van der Waals surface area (Å²) in [6.45, 7) is 9.33. The molecule has 114 valence electrons. The van der Waals surface area contributed by atoms with Crippen molar-refractivity contribution in [2.24, 2.45) is 5.41 Å². The lowest BCUT2D eigenvalue weighted by Gasteiger charge is -2.23. The van der Waals surface area contributed by atoms with Crippen molar-refractivity contribution in [1.29, 1.82) is 0 Å². The van der Waals surface area contributed by atoms with Gasteiger partial charge in [0.1, 0.15) is 0 Å². The summed E-state index contributed by atoms with van der Waals surface area (Å²) in [5, 5.41) is 15.7. The molecule has 0 atom stereocenters. The van der Waals surface area contributed by atoms with Crippen LogP contribution in [0.2, 0.25) is 0 Å². The third kappa shape index (κ3) is 5.88. The molecule has 0 aliphatic carbocycles. The van der Waals surface area contributed by atoms with E-state index < -0.39 is 0 Å². The Bertz CT molecular complexity index is 444. The number of urea groups is 1. The third-order valence-corrected chi connectivity index (χ3v) is 4.29. The molecule has 5 nitrogen and oxygen atoms in total. The van der Waals surface area contributed by atoms with E-state index in [0.29, 0.717) is 19.5 Å². The highest BCUT2D eigenvalue weighted by Crippen LogP contribution is 2.18. The van der Waals surface area contributed by atoms with Crippen molar-refractivity contribution < 1.29 is 9.90 Å². The number of aromatic nitrogens is 1. The molecule has 2 amide bonds. The number of nitrogens with zero attached hydrogens (tertiary/aromatic N) is 1. The van der Waals surface area contributed by atoms with Crippen LogP contribution in [0.25, 0.3) is 0 Å². The minimum absolute atomic E-state index is 0.0859. The lowest BCUT2D eigenvalue weighted by molar-refractivity contribution is 0.201. The molecule has 1 aromatic heterocycles. The Hall–Kier alpha value is -1.14. The van der Waals surface area contributed by atoms with E-state index in [-0.39, 0.29) is 18.1 Å². The van der Waals surface area contributed by atoms with E-state index in [0.717, 1.165) is 17.1 Å². The van der Waals surface area contributed by atoms with Crippen LogP contribution in [-0.4, -0.2) is 35.8 Å². The van der Waals surface area contributed by atoms with Crippen LogP contribution in [-0.2, 0) is 6.42 Å². The Morgan fingerprint density at radius 3 is 2.60 bits per heavy atom. The first-order chi connectivity index (χ1) is 9.34. The molecular formula is C14H25N3O2S. The Kier molecular flexibility index (Phi) is 6.42. The fourth-order valence-corrected chi connectivity index (χ4v) is 2.80. The van der Waals surface area contributed by atoms with Gasteiger partial charge in [0, 0.05) is 31.0 Å². The van der Waals surface area contributed by atoms with E-state index in [9.17, 15) is 4.79 Å². The number of carbonyl (C=O) groups excluding carboxylic acids is 1. The van der Waals surface area contributed by atoms with Crippen LogP contribution in [0, 0.1) is 19.3 Å². The summed E-state index contributed by atoms with van der Waals surface area (Å²) in [6.07, 6.45) is 1.48. The topological polar surface area (TPSA) is 74.2 Å². The molecule has 3 N–H and O–H groups in total. The molecule has 1 rings (SSSR count). The van der Waals surface area contributed by atoms with Crippen LogP contribution in [0.4, 0.5) is 4.79 Å². The third-order valence-electron chi connectivity index (χ3n) is 3.15. The minimum Gasteiger partial charge on any atom is -0.396 e. The highest BCUT2D eigenvalue weighted by Gasteiger charge is 2.17. The molecule has 0 aliphatic heterocycles. The highest BCUT2D eigenvalue weighted by molar-refractivity contribution is 7.11. The second kappa shape index (κ2) is 7.59. The van der Waals surface area contributed by atoms with Gasteiger partial charge in [-0.25, -0.2) is 9.78 Å². The van der Waals surface area contributed by atoms with Crippen LogP contribution in [0.5, 0.6) is 0 Å². The van der Waals surface area contributed by atoms with E-state index in [1.807, 2.05) is 27.7 Å². The number of amides is 2. The molecule has 1 aromatic rings. The molecule has 0 unspecified atom stereocenters. The molecule has 0 saturated carbocycles. The molecule has 0 fully saturated rings. The monoisotopic (exact) mass is 299 g/mol. The van der Waals surface area contributed by atoms with Crippen molar-refractivity contribution in [3.8, 4) is 0 Å². The van der Waals surface area contributed by atoms with Crippen molar-refractivity contribution in [2.45, 2.75) is 40.5 Å². The molecule has 0 saturated heterocycles. The number of hydrogen-bond acceptors (Lipinski definition) is 4. The summed E-state index contributed by atoms with van der Waals surface area (Å²) in [6, 6.07) is -0.157. The highest BCUT2D eigenvalue weighted by atomic mass is 32.1. The number of carbonyl (C=O) groups is 1. The molecule has 6 heteroatoms. The van der Waals surface area contributed by atoms with Gasteiger partial charge in [0.2, 0.25) is 0 Å². The molecule has 0 bridgehead atoms. The zero-order valence-electron chi connectivity index (χ0n) is 12.7. The first-order valence-corrected chi connectivity index (χ1v) is 7.71. The van der Waals surface area contributed by atoms with Crippen molar-refractivity contribution in [3.05, 3.63) is 15.6 Å². The standard InChI is InChI=1S/C14H25N3O2S/c1-10-12(20-11(2)17-10)5-7-15-13(19)16-9-14(3,4)6-8-18/h18H,5-9H2,1-4H3,(H2,15,16,19). The van der Waals surface area contributed by atoms with Gasteiger partial charge in [0.15, 0.2) is 0 Å². The SMILES string of the molecule is Cc1nc(C)c(CCNC(=O)NCC(C)(C)CCO)s1. The molecule has 0 radical (unpaired) electrons. The number of nitrogens with one attached hydrogen (secondary N) is 2. The van der Waals surface area contributed by atoms with Gasteiger partial charge < -0.3 is 15.7 Å². The zero-order chi connectivity index (χ0) is 15.2. The predicted molar refractivity (Wildman–Crippen MR) is 82.2 cm³/mol. The summed E-state index contributed by atoms with van der Waals surface area (Å²) in [5.74, 6) is 0. The van der Waals surface area contributed by atoms with Crippen LogP contribution in [0.3, 0.4) is 0 Å². The Morgan fingerprint density at radius 2 is 2.05 bits per heavy atom. The first kappa shape index (κ1) is 16.9. The van der Waals surface area contributed by atoms with E-state index >= 15 is 0 Å². The summed E-state index contributed by atoms with van der Waals surface area (Å²) < 4.78 is 0. The van der Waals surface area contributed by atoms with Gasteiger partial charge in [-0.05, 0) is 25.7 Å². The first-order valence-electron chi connectivity index (χ1n) is 6.89. The van der Waals surface area contributed by atoms with Crippen LogP contribution in [0.1, 0.15) is 35.8 Å². The van der Waals surface area contributed by atoms with Crippen molar-refractivity contribution >= 4 is 17.4 Å². The summed E-state index contributed by atoms with van der Waals surface area (Å²) >= 11 is 1.68. The van der Waals surface area contributed by atoms with Gasteiger partial charge >= 0.3 is 6.03 Å². The van der Waals surface area contributed by atoms with Gasteiger partial charge in [-0.1, -0.05) is 13.8 Å². The van der Waals surface area contributed by atoms with E-state index in [2.05, 4.69) is 15.6 Å². The molecule has 0 aliphatic rings. The largest absolute Gasteiger partial charge is 0.396 e. The van der Waals surface area contributed by atoms with Gasteiger partial charge in [0.25, 0.3) is 0 Å². The Morgan fingerprint density at radius 1 is 1.35 bits per heavy atom. The van der Waals surface area contributed by atoms with Crippen molar-refractivity contribution in [2.75, 3.05) is 19.7 Å². The van der Waals surface area contributed by atoms with E-state index in [1.165, 1.54) is 4.88 Å². The number of aryl methyl sites for hydroxylation is 2. The summed E-state index contributed by atoms with van der Waals surface area (Å²) in [5.41, 5.74) is 0.969. The molecular weight excluding hydrogens is 274 g/mol. The van der Waals surface area contributed by atoms with Gasteiger partial charge in [0.05, 0.1) is 10.7 Å². The number of hydrogen-bond donors (Lipinski definition) is 3. The average Bonchev–Trinajstić information content (AvgIpc) is 2.66. The zero-order valence-corrected chi connectivity index (χ0v) is 13.6. The lowest BCUT2D eigenvalue weighted by Crippen LogP contribution is -2.41. The van der Waals surface area contributed by atoms with Crippen LogP contribution >= 0.6 is 11.3 Å². The normalized spacial score (nSPS) is 11.4. The fourth-order valence-electron chi connectivity index (χ4n) is 1.87. The van der Waals surface area contributed by atoms with E-state index in [4.69, 9.17) is 5.11 Å². The molecule has 1 heterocycles. The van der Waals surface area contributed by atoms with Crippen LogP contribution < -0.4 is 10.6 Å². The lowest BCUT2D eigenvalue weighted by atomic mass is 9.90. The summed E-state index contributed by atoms with van der Waals surface area (Å²) in [7, 11) is 0. The molecule has 20 heavy (non-hydrogen) atoms. The maximum absolute atomic E-state index is 11.7. The minimum atomic E-state index is -0.157. The second-order valence-corrected chi connectivity index (χ2v) is 7.03. The maximum atomic E-state index is 11.7. The smallest absolute Gasteiger partial charge is 0.314 e. The molecule has 0 aromatic carbocycles. The quantitative estimate of drug-likeness (QED) is 0.721. The van der Waals surface area contributed by atoms with Gasteiger partial charge in [-0.3, -0.25) is 0 Å². The number of aliphatic hydroxyl groups is 1. The Labute approximate surface area is 124 Å². The number of aliphatic hydroxyl groups excluding tert-OH is 1. The molecule has 0 spiro atoms. The van der Waals surface area contributed by atoms with Gasteiger partial charge in [-0.15, -0.1) is 11.3 Å². The van der Waals surface area contributed by atoms with Crippen molar-refractivity contribution in [1.82, 2.24) is 15.6 Å². The predicted octanol–water partition coefficient (Wildman–Crippen LogP) is 2.01. The fraction of sp³-hybridized carbons (Fsp3) is 0.714. The number of thiazole rings is 1. The van der Waals surface area contributed by atoms with Crippen LogP contribution in [0.15, 0.2) is 0 Å². The van der Waals surface area contributed by atoms with Crippen molar-refractivity contribution in [3.63, 3.8) is 0 Å². The summed E-state index contributed by atoms with van der Waals surface area (Å²) in [4.78, 5) is 17.3.